The maximum absolute atomic E-state index is 12.5. The fraction of sp³-hybridized carbons (Fsp3) is 0.409. The smallest absolute Gasteiger partial charge is 0.234 e. The number of nitrogens with one attached hydrogen (secondary N) is 1. The molecule has 0 radical (unpaired) electrons. The van der Waals surface area contributed by atoms with Crippen molar-refractivity contribution < 1.29 is 13.9 Å². The normalized spacial score (nSPS) is 14.6. The summed E-state index contributed by atoms with van der Waals surface area (Å²) in [6.07, 6.45) is 7.49. The SMILES string of the molecule is CCOc1ccc(NC(=O)CSc2nnc(-c3ccco3)n2C2CCCCC2)cc1. The molecule has 4 rings (SSSR count). The molecule has 3 aromatic rings. The zero-order valence-corrected chi connectivity index (χ0v) is 17.9. The Morgan fingerprint density at radius 3 is 2.70 bits per heavy atom. The van der Waals surface area contributed by atoms with Crippen LogP contribution in [0.15, 0.2) is 52.2 Å². The molecule has 2 heterocycles. The van der Waals surface area contributed by atoms with Gasteiger partial charge in [0, 0.05) is 11.7 Å². The van der Waals surface area contributed by atoms with Crippen molar-refractivity contribution >= 4 is 23.4 Å². The molecule has 30 heavy (non-hydrogen) atoms. The first-order valence-electron chi connectivity index (χ1n) is 10.4. The first-order valence-corrected chi connectivity index (χ1v) is 11.4. The second-order valence-corrected chi connectivity index (χ2v) is 8.18. The number of thioether (sulfide) groups is 1. The minimum atomic E-state index is -0.0816. The van der Waals surface area contributed by atoms with Crippen LogP contribution >= 0.6 is 11.8 Å². The van der Waals surface area contributed by atoms with Gasteiger partial charge in [-0.2, -0.15) is 0 Å². The van der Waals surface area contributed by atoms with Crippen molar-refractivity contribution in [1.29, 1.82) is 0 Å². The summed E-state index contributed by atoms with van der Waals surface area (Å²) in [6.45, 7) is 2.56. The van der Waals surface area contributed by atoms with Crippen molar-refractivity contribution in [3.8, 4) is 17.3 Å². The molecule has 1 aliphatic carbocycles. The van der Waals surface area contributed by atoms with Crippen molar-refractivity contribution in [3.05, 3.63) is 42.7 Å². The van der Waals surface area contributed by atoms with Crippen molar-refractivity contribution in [2.24, 2.45) is 0 Å². The summed E-state index contributed by atoms with van der Waals surface area (Å²) >= 11 is 1.41. The minimum absolute atomic E-state index is 0.0816. The van der Waals surface area contributed by atoms with Crippen LogP contribution in [0.5, 0.6) is 5.75 Å². The number of carbonyl (C=O) groups is 1. The van der Waals surface area contributed by atoms with E-state index in [1.165, 1.54) is 31.0 Å². The highest BCUT2D eigenvalue weighted by Gasteiger charge is 2.25. The van der Waals surface area contributed by atoms with E-state index >= 15 is 0 Å². The number of anilines is 1. The van der Waals surface area contributed by atoms with Crippen molar-refractivity contribution in [3.63, 3.8) is 0 Å². The van der Waals surface area contributed by atoms with Crippen LogP contribution in [0.25, 0.3) is 11.6 Å². The number of hydrogen-bond acceptors (Lipinski definition) is 6. The fourth-order valence-electron chi connectivity index (χ4n) is 3.75. The van der Waals surface area contributed by atoms with Crippen molar-refractivity contribution in [1.82, 2.24) is 14.8 Å². The van der Waals surface area contributed by atoms with Gasteiger partial charge < -0.3 is 14.5 Å². The predicted molar refractivity (Wildman–Crippen MR) is 117 cm³/mol. The van der Waals surface area contributed by atoms with Crippen LogP contribution in [0.2, 0.25) is 0 Å². The number of nitrogens with zero attached hydrogens (tertiary/aromatic N) is 3. The molecular weight excluding hydrogens is 400 g/mol. The van der Waals surface area contributed by atoms with Crippen molar-refractivity contribution in [2.75, 3.05) is 17.7 Å². The highest BCUT2D eigenvalue weighted by Crippen LogP contribution is 2.35. The van der Waals surface area contributed by atoms with Gasteiger partial charge in [0.2, 0.25) is 11.7 Å². The molecule has 8 heteroatoms. The van der Waals surface area contributed by atoms with Crippen LogP contribution < -0.4 is 10.1 Å². The van der Waals surface area contributed by atoms with Gasteiger partial charge in [-0.3, -0.25) is 9.36 Å². The van der Waals surface area contributed by atoms with E-state index in [1.807, 2.05) is 43.3 Å². The molecule has 1 fully saturated rings. The molecule has 0 atom stereocenters. The maximum Gasteiger partial charge on any atom is 0.234 e. The number of ether oxygens (including phenoxy) is 1. The van der Waals surface area contributed by atoms with Crippen LogP contribution in [0.3, 0.4) is 0 Å². The largest absolute Gasteiger partial charge is 0.494 e. The van der Waals surface area contributed by atoms with Gasteiger partial charge in [-0.1, -0.05) is 31.0 Å². The lowest BCUT2D eigenvalue weighted by molar-refractivity contribution is -0.113. The third kappa shape index (κ3) is 4.87. The second-order valence-electron chi connectivity index (χ2n) is 7.24. The molecule has 1 aromatic carbocycles. The zero-order chi connectivity index (χ0) is 20.8. The Bertz CT molecular complexity index is 947. The molecule has 0 unspecified atom stereocenters. The number of hydrogen-bond donors (Lipinski definition) is 1. The quantitative estimate of drug-likeness (QED) is 0.500. The number of benzene rings is 1. The predicted octanol–water partition coefficient (Wildman–Crippen LogP) is 5.17. The molecule has 1 aliphatic rings. The molecule has 7 nitrogen and oxygen atoms in total. The third-order valence-electron chi connectivity index (χ3n) is 5.13. The molecule has 0 aliphatic heterocycles. The molecule has 1 N–H and O–H groups in total. The van der Waals surface area contributed by atoms with E-state index in [1.54, 1.807) is 6.26 Å². The highest BCUT2D eigenvalue weighted by atomic mass is 32.2. The Morgan fingerprint density at radius 1 is 1.20 bits per heavy atom. The van der Waals surface area contributed by atoms with Crippen LogP contribution in [-0.4, -0.2) is 33.0 Å². The molecule has 0 saturated heterocycles. The molecule has 0 bridgehead atoms. The van der Waals surface area contributed by atoms with E-state index in [0.717, 1.165) is 35.3 Å². The molecular formula is C22H26N4O3S. The fourth-order valence-corrected chi connectivity index (χ4v) is 4.55. The van der Waals surface area contributed by atoms with Gasteiger partial charge in [-0.15, -0.1) is 10.2 Å². The van der Waals surface area contributed by atoms with E-state index < -0.39 is 0 Å². The number of amides is 1. The first-order chi connectivity index (χ1) is 14.7. The zero-order valence-electron chi connectivity index (χ0n) is 17.0. The van der Waals surface area contributed by atoms with Crippen LogP contribution in [0, 0.1) is 0 Å². The number of furan rings is 1. The second kappa shape index (κ2) is 9.84. The van der Waals surface area contributed by atoms with Crippen LogP contribution in [0.1, 0.15) is 45.1 Å². The number of carbonyl (C=O) groups excluding carboxylic acids is 1. The van der Waals surface area contributed by atoms with E-state index in [0.29, 0.717) is 18.4 Å². The molecule has 1 amide bonds. The average Bonchev–Trinajstić information content (AvgIpc) is 3.44. The number of aromatic nitrogens is 3. The molecule has 0 spiro atoms. The molecule has 1 saturated carbocycles. The summed E-state index contributed by atoms with van der Waals surface area (Å²) in [4.78, 5) is 12.5. The van der Waals surface area contributed by atoms with Crippen LogP contribution in [0.4, 0.5) is 5.69 Å². The lowest BCUT2D eigenvalue weighted by Gasteiger charge is -2.25. The first kappa shape index (κ1) is 20.5. The Balaban J connectivity index is 1.44. The average molecular weight is 427 g/mol. The highest BCUT2D eigenvalue weighted by molar-refractivity contribution is 7.99. The van der Waals surface area contributed by atoms with E-state index in [-0.39, 0.29) is 11.7 Å². The minimum Gasteiger partial charge on any atom is -0.494 e. The number of rotatable bonds is 8. The van der Waals surface area contributed by atoms with Gasteiger partial charge >= 0.3 is 0 Å². The summed E-state index contributed by atoms with van der Waals surface area (Å²) < 4.78 is 13.2. The van der Waals surface area contributed by atoms with Gasteiger partial charge in [0.15, 0.2) is 10.9 Å². The Hall–Kier alpha value is -2.74. The lowest BCUT2D eigenvalue weighted by Crippen LogP contribution is -2.17. The van der Waals surface area contributed by atoms with E-state index in [4.69, 9.17) is 9.15 Å². The van der Waals surface area contributed by atoms with Crippen LogP contribution in [-0.2, 0) is 4.79 Å². The third-order valence-corrected chi connectivity index (χ3v) is 6.07. The van der Waals surface area contributed by atoms with Gasteiger partial charge in [-0.25, -0.2) is 0 Å². The van der Waals surface area contributed by atoms with Gasteiger partial charge in [-0.05, 0) is 56.2 Å². The molecule has 2 aromatic heterocycles. The van der Waals surface area contributed by atoms with E-state index in [9.17, 15) is 4.79 Å². The topological polar surface area (TPSA) is 82.2 Å². The Kier molecular flexibility index (Phi) is 6.74. The summed E-state index contributed by atoms with van der Waals surface area (Å²) in [6, 6.07) is 11.5. The lowest BCUT2D eigenvalue weighted by atomic mass is 9.95. The standard InChI is InChI=1S/C22H26N4O3S/c1-2-28-18-12-10-16(11-13-18)23-20(27)15-30-22-25-24-21(19-9-6-14-29-19)26(22)17-7-4-3-5-8-17/h6,9-14,17H,2-5,7-8,15H2,1H3,(H,23,27). The summed E-state index contributed by atoms with van der Waals surface area (Å²) in [5.74, 6) is 2.41. The summed E-state index contributed by atoms with van der Waals surface area (Å²) in [5.41, 5.74) is 0.745. The Labute approximate surface area is 180 Å². The Morgan fingerprint density at radius 2 is 2.00 bits per heavy atom. The van der Waals surface area contributed by atoms with Crippen molar-refractivity contribution in [2.45, 2.75) is 50.2 Å². The van der Waals surface area contributed by atoms with E-state index in [2.05, 4.69) is 20.1 Å². The summed E-state index contributed by atoms with van der Waals surface area (Å²) in [5, 5.41) is 12.4. The maximum atomic E-state index is 12.5. The van der Waals surface area contributed by atoms with Gasteiger partial charge in [0.05, 0.1) is 18.6 Å². The van der Waals surface area contributed by atoms with Gasteiger partial charge in [0.25, 0.3) is 0 Å². The summed E-state index contributed by atoms with van der Waals surface area (Å²) in [7, 11) is 0. The van der Waals surface area contributed by atoms with Gasteiger partial charge in [0.1, 0.15) is 5.75 Å². The molecule has 158 valence electrons. The monoisotopic (exact) mass is 426 g/mol.